The molecule has 0 aromatic carbocycles. The molecule has 0 aromatic heterocycles. The molecule has 1 aliphatic carbocycles. The average Bonchev–Trinajstić information content (AvgIpc) is 2.70. The molecule has 0 radical (unpaired) electrons. The molecule has 0 aliphatic heterocycles. The van der Waals surface area contributed by atoms with Crippen LogP contribution < -0.4 is 5.32 Å². The van der Waals surface area contributed by atoms with Gasteiger partial charge in [-0.1, -0.05) is 6.92 Å². The second-order valence-electron chi connectivity index (χ2n) is 6.47. The van der Waals surface area contributed by atoms with Crippen molar-refractivity contribution < 1.29 is 14.3 Å². The number of hydrogen-bond acceptors (Lipinski definition) is 4. The fourth-order valence-electron chi connectivity index (χ4n) is 2.76. The Balaban J connectivity index is 2.74. The van der Waals surface area contributed by atoms with E-state index in [2.05, 4.69) is 39.9 Å². The van der Waals surface area contributed by atoms with Gasteiger partial charge in [-0.3, -0.25) is 10.1 Å². The maximum absolute atomic E-state index is 12.1. The first-order chi connectivity index (χ1) is 8.74. The van der Waals surface area contributed by atoms with E-state index in [1.807, 2.05) is 0 Å². The first kappa shape index (κ1) is 16.4. The molecule has 1 rings (SSSR count). The number of ether oxygens (including phenoxy) is 2. The van der Waals surface area contributed by atoms with Crippen molar-refractivity contribution in [2.45, 2.75) is 83.6 Å². The fraction of sp³-hybridized carbons (Fsp3) is 0.933. The van der Waals surface area contributed by atoms with Gasteiger partial charge in [-0.25, -0.2) is 0 Å². The van der Waals surface area contributed by atoms with Gasteiger partial charge < -0.3 is 9.47 Å². The number of carbonyl (C=O) groups is 1. The predicted octanol–water partition coefficient (Wildman–Crippen LogP) is 2.65. The first-order valence-corrected chi connectivity index (χ1v) is 7.28. The lowest BCUT2D eigenvalue weighted by Gasteiger charge is -2.32. The summed E-state index contributed by atoms with van der Waals surface area (Å²) in [5, 5.41) is 3.39. The zero-order valence-corrected chi connectivity index (χ0v) is 13.2. The van der Waals surface area contributed by atoms with Crippen LogP contribution in [0.4, 0.5) is 0 Å². The molecule has 0 aromatic rings. The van der Waals surface area contributed by atoms with Gasteiger partial charge in [-0.05, 0) is 47.0 Å². The summed E-state index contributed by atoms with van der Waals surface area (Å²) in [5.41, 5.74) is -0.702. The van der Waals surface area contributed by atoms with E-state index in [4.69, 9.17) is 9.47 Å². The van der Waals surface area contributed by atoms with Gasteiger partial charge >= 0.3 is 5.97 Å². The van der Waals surface area contributed by atoms with Crippen LogP contribution in [-0.4, -0.2) is 36.4 Å². The third-order valence-electron chi connectivity index (χ3n) is 3.95. The minimum absolute atomic E-state index is 0.125. The van der Waals surface area contributed by atoms with Crippen molar-refractivity contribution in [1.29, 1.82) is 0 Å². The van der Waals surface area contributed by atoms with Crippen LogP contribution in [0.2, 0.25) is 0 Å². The van der Waals surface area contributed by atoms with Gasteiger partial charge in [-0.2, -0.15) is 0 Å². The molecular weight excluding hydrogens is 242 g/mol. The second kappa shape index (κ2) is 6.23. The molecule has 1 fully saturated rings. The number of esters is 1. The lowest BCUT2D eigenvalue weighted by atomic mass is 9.96. The second-order valence-corrected chi connectivity index (χ2v) is 6.47. The molecule has 0 spiro atoms. The lowest BCUT2D eigenvalue weighted by molar-refractivity contribution is -0.150. The van der Waals surface area contributed by atoms with Gasteiger partial charge in [0, 0.05) is 12.5 Å². The summed E-state index contributed by atoms with van der Waals surface area (Å²) in [4.78, 5) is 12.1. The maximum Gasteiger partial charge on any atom is 0.326 e. The van der Waals surface area contributed by atoms with E-state index >= 15 is 0 Å². The molecule has 4 nitrogen and oxygen atoms in total. The molecule has 1 N–H and O–H groups in total. The molecule has 1 aliphatic rings. The Morgan fingerprint density at radius 1 is 1.47 bits per heavy atom. The minimum atomic E-state index is -0.572. The number of hydrogen-bond donors (Lipinski definition) is 1. The van der Waals surface area contributed by atoms with Crippen molar-refractivity contribution in [3.63, 3.8) is 0 Å². The van der Waals surface area contributed by atoms with Crippen molar-refractivity contribution in [1.82, 2.24) is 5.32 Å². The molecule has 0 bridgehead atoms. The van der Waals surface area contributed by atoms with Gasteiger partial charge in [0.1, 0.15) is 5.54 Å². The summed E-state index contributed by atoms with van der Waals surface area (Å²) in [6.45, 7) is 10.4. The molecule has 1 saturated carbocycles. The Labute approximate surface area is 117 Å². The molecule has 0 heterocycles. The lowest BCUT2D eigenvalue weighted by Crippen LogP contribution is -2.54. The Kier molecular flexibility index (Phi) is 5.39. The zero-order chi connectivity index (χ0) is 14.7. The Morgan fingerprint density at radius 3 is 2.58 bits per heavy atom. The molecule has 0 amide bonds. The van der Waals surface area contributed by atoms with Crippen molar-refractivity contribution in [3.05, 3.63) is 0 Å². The molecular formula is C15H29NO3. The summed E-state index contributed by atoms with van der Waals surface area (Å²) in [6.07, 6.45) is 3.47. The van der Waals surface area contributed by atoms with Crippen LogP contribution in [-0.2, 0) is 14.3 Å². The van der Waals surface area contributed by atoms with Crippen molar-refractivity contribution in [3.8, 4) is 0 Å². The van der Waals surface area contributed by atoms with Gasteiger partial charge in [0.05, 0.1) is 18.8 Å². The van der Waals surface area contributed by atoms with Crippen LogP contribution in [0.1, 0.15) is 60.3 Å². The van der Waals surface area contributed by atoms with Crippen molar-refractivity contribution in [2.75, 3.05) is 7.11 Å². The summed E-state index contributed by atoms with van der Waals surface area (Å²) >= 11 is 0. The number of carbonyl (C=O) groups excluding carboxylic acids is 1. The standard InChI is InChI=1S/C15H29NO3/c1-7-14(4,5)19-12-8-9-15(10-12,13(17)18-6)16-11(2)3/h11-12,16H,7-10H2,1-6H3. The summed E-state index contributed by atoms with van der Waals surface area (Å²) in [5.74, 6) is -0.165. The number of rotatable bonds is 6. The SMILES string of the molecule is CCC(C)(C)OC1CCC(NC(C)C)(C(=O)OC)C1. The quantitative estimate of drug-likeness (QED) is 0.755. The first-order valence-electron chi connectivity index (χ1n) is 7.28. The molecule has 0 saturated heterocycles. The maximum atomic E-state index is 12.1. The largest absolute Gasteiger partial charge is 0.468 e. The minimum Gasteiger partial charge on any atom is -0.468 e. The van der Waals surface area contributed by atoms with Crippen LogP contribution in [0, 0.1) is 0 Å². The third-order valence-corrected chi connectivity index (χ3v) is 3.95. The van der Waals surface area contributed by atoms with Crippen LogP contribution >= 0.6 is 0 Å². The van der Waals surface area contributed by atoms with E-state index in [1.165, 1.54) is 7.11 Å². The highest BCUT2D eigenvalue weighted by Gasteiger charge is 2.47. The van der Waals surface area contributed by atoms with Crippen LogP contribution in [0.5, 0.6) is 0 Å². The van der Waals surface area contributed by atoms with Crippen LogP contribution in [0.3, 0.4) is 0 Å². The van der Waals surface area contributed by atoms with E-state index in [1.54, 1.807) is 0 Å². The van der Waals surface area contributed by atoms with E-state index in [0.29, 0.717) is 6.42 Å². The smallest absolute Gasteiger partial charge is 0.326 e. The normalized spacial score (nSPS) is 27.8. The molecule has 19 heavy (non-hydrogen) atoms. The van der Waals surface area contributed by atoms with E-state index in [-0.39, 0.29) is 23.7 Å². The predicted molar refractivity (Wildman–Crippen MR) is 76.1 cm³/mol. The van der Waals surface area contributed by atoms with Crippen LogP contribution in [0.15, 0.2) is 0 Å². The highest BCUT2D eigenvalue weighted by atomic mass is 16.5. The Hall–Kier alpha value is -0.610. The topological polar surface area (TPSA) is 47.6 Å². The summed E-state index contributed by atoms with van der Waals surface area (Å²) < 4.78 is 11.1. The fourth-order valence-corrected chi connectivity index (χ4v) is 2.76. The van der Waals surface area contributed by atoms with Gasteiger partial charge in [0.2, 0.25) is 0 Å². The summed E-state index contributed by atoms with van der Waals surface area (Å²) in [6, 6.07) is 0.247. The molecule has 4 heteroatoms. The number of nitrogens with one attached hydrogen (secondary N) is 1. The zero-order valence-electron chi connectivity index (χ0n) is 13.2. The van der Waals surface area contributed by atoms with E-state index < -0.39 is 5.54 Å². The van der Waals surface area contributed by atoms with Gasteiger partial charge in [0.25, 0.3) is 0 Å². The highest BCUT2D eigenvalue weighted by molar-refractivity contribution is 5.81. The van der Waals surface area contributed by atoms with Gasteiger partial charge in [0.15, 0.2) is 0 Å². The molecule has 2 atom stereocenters. The Morgan fingerprint density at radius 2 is 2.11 bits per heavy atom. The number of methoxy groups -OCH3 is 1. The van der Waals surface area contributed by atoms with Crippen molar-refractivity contribution in [2.24, 2.45) is 0 Å². The van der Waals surface area contributed by atoms with E-state index in [0.717, 1.165) is 19.3 Å². The third kappa shape index (κ3) is 4.18. The van der Waals surface area contributed by atoms with Crippen LogP contribution in [0.25, 0.3) is 0 Å². The summed E-state index contributed by atoms with van der Waals surface area (Å²) in [7, 11) is 1.45. The van der Waals surface area contributed by atoms with E-state index in [9.17, 15) is 4.79 Å². The Bertz CT molecular complexity index is 315. The highest BCUT2D eigenvalue weighted by Crippen LogP contribution is 2.36. The van der Waals surface area contributed by atoms with Crippen molar-refractivity contribution >= 4 is 5.97 Å². The average molecular weight is 271 g/mol. The van der Waals surface area contributed by atoms with Gasteiger partial charge in [-0.15, -0.1) is 0 Å². The monoisotopic (exact) mass is 271 g/mol. The molecule has 2 unspecified atom stereocenters. The molecule has 112 valence electrons.